The van der Waals surface area contributed by atoms with Crippen LogP contribution < -0.4 is 5.32 Å². The smallest absolute Gasteiger partial charge is 0.412 e. The summed E-state index contributed by atoms with van der Waals surface area (Å²) in [7, 11) is 0. The van der Waals surface area contributed by atoms with Gasteiger partial charge in [0.15, 0.2) is 0 Å². The molecule has 0 saturated heterocycles. The van der Waals surface area contributed by atoms with Crippen molar-refractivity contribution in [1.29, 1.82) is 0 Å². The van der Waals surface area contributed by atoms with E-state index in [-0.39, 0.29) is 5.56 Å². The van der Waals surface area contributed by atoms with Gasteiger partial charge in [0.25, 0.3) is 0 Å². The minimum atomic E-state index is -1.04. The van der Waals surface area contributed by atoms with E-state index in [1.54, 1.807) is 6.07 Å². The van der Waals surface area contributed by atoms with Crippen LogP contribution in [-0.4, -0.2) is 23.8 Å². The zero-order chi connectivity index (χ0) is 20.9. The number of nitrogens with one attached hydrogen (secondary N) is 1. The van der Waals surface area contributed by atoms with Gasteiger partial charge >= 0.3 is 12.1 Å². The third kappa shape index (κ3) is 8.69. The van der Waals surface area contributed by atoms with E-state index in [0.717, 1.165) is 43.4 Å². The van der Waals surface area contributed by atoms with Gasteiger partial charge in [0.05, 0.1) is 12.2 Å². The van der Waals surface area contributed by atoms with Crippen molar-refractivity contribution in [3.8, 4) is 0 Å². The van der Waals surface area contributed by atoms with Crippen molar-refractivity contribution in [2.45, 2.75) is 64.7 Å². The SMILES string of the molecule is CCCCCCCCOC(=O)Nc1sc(CCCc2ccccc2)cc1C(=O)O. The molecule has 0 aliphatic heterocycles. The first-order valence-electron chi connectivity index (χ1n) is 10.4. The topological polar surface area (TPSA) is 75.6 Å². The average Bonchev–Trinajstić information content (AvgIpc) is 3.11. The van der Waals surface area contributed by atoms with Crippen molar-refractivity contribution in [1.82, 2.24) is 0 Å². The van der Waals surface area contributed by atoms with Crippen molar-refractivity contribution >= 4 is 28.4 Å². The summed E-state index contributed by atoms with van der Waals surface area (Å²) in [5.41, 5.74) is 1.39. The quantitative estimate of drug-likeness (QED) is 0.363. The van der Waals surface area contributed by atoms with Gasteiger partial charge in [-0.2, -0.15) is 0 Å². The fourth-order valence-corrected chi connectivity index (χ4v) is 4.18. The standard InChI is InChI=1S/C23H31NO4S/c1-2-3-4-5-6-10-16-28-23(27)24-21-20(22(25)26)17-19(29-21)15-11-14-18-12-8-7-9-13-18/h7-9,12-13,17H,2-6,10-11,14-16H2,1H3,(H,24,27)(H,25,26). The predicted molar refractivity (Wildman–Crippen MR) is 118 cm³/mol. The Morgan fingerprint density at radius 3 is 2.45 bits per heavy atom. The van der Waals surface area contributed by atoms with E-state index in [1.807, 2.05) is 18.2 Å². The highest BCUT2D eigenvalue weighted by Gasteiger charge is 2.17. The van der Waals surface area contributed by atoms with Gasteiger partial charge in [-0.25, -0.2) is 9.59 Å². The van der Waals surface area contributed by atoms with Crippen LogP contribution >= 0.6 is 11.3 Å². The molecular weight excluding hydrogens is 386 g/mol. The second-order valence-electron chi connectivity index (χ2n) is 7.13. The number of carbonyl (C=O) groups is 2. The van der Waals surface area contributed by atoms with Gasteiger partial charge in [-0.15, -0.1) is 11.3 Å². The van der Waals surface area contributed by atoms with E-state index in [4.69, 9.17) is 4.74 Å². The minimum absolute atomic E-state index is 0.126. The molecule has 1 amide bonds. The molecule has 0 bridgehead atoms. The number of rotatable bonds is 13. The lowest BCUT2D eigenvalue weighted by Crippen LogP contribution is -2.15. The molecule has 29 heavy (non-hydrogen) atoms. The van der Waals surface area contributed by atoms with Crippen molar-refractivity contribution < 1.29 is 19.4 Å². The van der Waals surface area contributed by atoms with E-state index in [0.29, 0.717) is 11.6 Å². The normalized spacial score (nSPS) is 10.7. The highest BCUT2D eigenvalue weighted by atomic mass is 32.1. The highest BCUT2D eigenvalue weighted by molar-refractivity contribution is 7.16. The van der Waals surface area contributed by atoms with Gasteiger partial charge < -0.3 is 9.84 Å². The first-order valence-corrected chi connectivity index (χ1v) is 11.3. The number of carbonyl (C=O) groups excluding carboxylic acids is 1. The number of unbranched alkanes of at least 4 members (excludes halogenated alkanes) is 5. The number of carboxylic acids is 1. The molecule has 0 aliphatic rings. The third-order valence-corrected chi connectivity index (χ3v) is 5.80. The highest BCUT2D eigenvalue weighted by Crippen LogP contribution is 2.29. The van der Waals surface area contributed by atoms with Crippen LogP contribution in [0.15, 0.2) is 36.4 Å². The molecule has 1 aromatic heterocycles. The van der Waals surface area contributed by atoms with Gasteiger partial charge in [-0.1, -0.05) is 69.4 Å². The number of thiophene rings is 1. The molecule has 0 spiro atoms. The van der Waals surface area contributed by atoms with Crippen LogP contribution in [0.25, 0.3) is 0 Å². The molecule has 0 saturated carbocycles. The number of benzene rings is 1. The minimum Gasteiger partial charge on any atom is -0.478 e. The molecule has 1 heterocycles. The van der Waals surface area contributed by atoms with Crippen LogP contribution in [-0.2, 0) is 17.6 Å². The van der Waals surface area contributed by atoms with Crippen molar-refractivity contribution in [2.24, 2.45) is 0 Å². The molecular formula is C23H31NO4S. The number of anilines is 1. The van der Waals surface area contributed by atoms with Gasteiger partial charge in [-0.3, -0.25) is 5.32 Å². The number of carboxylic acid groups (broad SMARTS) is 1. The van der Waals surface area contributed by atoms with Gasteiger partial charge in [0.2, 0.25) is 0 Å². The number of hydrogen-bond donors (Lipinski definition) is 2. The molecule has 0 unspecified atom stereocenters. The van der Waals surface area contributed by atoms with Crippen molar-refractivity contribution in [3.05, 3.63) is 52.4 Å². The zero-order valence-corrected chi connectivity index (χ0v) is 17.9. The second kappa shape index (κ2) is 13.0. The molecule has 1 aromatic carbocycles. The Balaban J connectivity index is 1.78. The Labute approximate surface area is 177 Å². The molecule has 5 nitrogen and oxygen atoms in total. The Kier molecular flexibility index (Phi) is 10.3. The molecule has 2 aromatic rings. The summed E-state index contributed by atoms with van der Waals surface area (Å²) in [6.45, 7) is 2.54. The monoisotopic (exact) mass is 417 g/mol. The Bertz CT molecular complexity index is 757. The van der Waals surface area contributed by atoms with Crippen LogP contribution in [0.5, 0.6) is 0 Å². The van der Waals surface area contributed by atoms with Gasteiger partial charge in [0, 0.05) is 4.88 Å². The summed E-state index contributed by atoms with van der Waals surface area (Å²) in [4.78, 5) is 24.5. The second-order valence-corrected chi connectivity index (χ2v) is 8.27. The van der Waals surface area contributed by atoms with Gasteiger partial charge in [-0.05, 0) is 37.3 Å². The first-order chi connectivity index (χ1) is 14.1. The van der Waals surface area contributed by atoms with Crippen LogP contribution in [0.3, 0.4) is 0 Å². The third-order valence-electron chi connectivity index (χ3n) is 4.69. The maximum atomic E-state index is 12.0. The van der Waals surface area contributed by atoms with Gasteiger partial charge in [0.1, 0.15) is 5.00 Å². The average molecular weight is 418 g/mol. The largest absolute Gasteiger partial charge is 0.478 e. The number of ether oxygens (including phenoxy) is 1. The maximum Gasteiger partial charge on any atom is 0.412 e. The molecule has 2 rings (SSSR count). The maximum absolute atomic E-state index is 12.0. The number of aromatic carboxylic acids is 1. The van der Waals surface area contributed by atoms with Crippen LogP contribution in [0.4, 0.5) is 9.80 Å². The summed E-state index contributed by atoms with van der Waals surface area (Å²) in [5.74, 6) is -1.04. The molecule has 0 fully saturated rings. The zero-order valence-electron chi connectivity index (χ0n) is 17.1. The van der Waals surface area contributed by atoms with E-state index >= 15 is 0 Å². The van der Waals surface area contributed by atoms with Crippen LogP contribution in [0.1, 0.15) is 72.7 Å². The summed E-state index contributed by atoms with van der Waals surface area (Å²) in [6.07, 6.45) is 8.73. The lowest BCUT2D eigenvalue weighted by Gasteiger charge is -2.06. The number of aryl methyl sites for hydroxylation is 2. The van der Waals surface area contributed by atoms with E-state index in [9.17, 15) is 14.7 Å². The van der Waals surface area contributed by atoms with Crippen molar-refractivity contribution in [3.63, 3.8) is 0 Å². The predicted octanol–water partition coefficient (Wildman–Crippen LogP) is 6.53. The first kappa shape index (κ1) is 22.9. The number of hydrogen-bond acceptors (Lipinski definition) is 4. The fourth-order valence-electron chi connectivity index (χ4n) is 3.10. The molecule has 0 aliphatic carbocycles. The van der Waals surface area contributed by atoms with Crippen LogP contribution in [0, 0.1) is 0 Å². The van der Waals surface area contributed by atoms with Crippen LogP contribution in [0.2, 0.25) is 0 Å². The Morgan fingerprint density at radius 2 is 1.72 bits per heavy atom. The molecule has 0 atom stereocenters. The van der Waals surface area contributed by atoms with E-state index in [2.05, 4.69) is 24.4 Å². The lowest BCUT2D eigenvalue weighted by atomic mass is 10.1. The number of amides is 1. The van der Waals surface area contributed by atoms with E-state index in [1.165, 1.54) is 36.2 Å². The lowest BCUT2D eigenvalue weighted by molar-refractivity contribution is 0.0698. The van der Waals surface area contributed by atoms with E-state index < -0.39 is 12.1 Å². The Hall–Kier alpha value is -2.34. The molecule has 6 heteroatoms. The fraction of sp³-hybridized carbons (Fsp3) is 0.478. The molecule has 0 radical (unpaired) electrons. The molecule has 2 N–H and O–H groups in total. The summed E-state index contributed by atoms with van der Waals surface area (Å²) in [5, 5.41) is 12.4. The summed E-state index contributed by atoms with van der Waals surface area (Å²) < 4.78 is 5.20. The summed E-state index contributed by atoms with van der Waals surface area (Å²) >= 11 is 1.31. The Morgan fingerprint density at radius 1 is 1.00 bits per heavy atom. The molecule has 158 valence electrons. The summed E-state index contributed by atoms with van der Waals surface area (Å²) in [6, 6.07) is 11.9. The van der Waals surface area contributed by atoms with Crippen molar-refractivity contribution in [2.75, 3.05) is 11.9 Å².